The van der Waals surface area contributed by atoms with Gasteiger partial charge in [-0.3, -0.25) is 0 Å². The smallest absolute Gasteiger partial charge is 0.318 e. The standard InChI is InChI=1S/C19H26N2O4/c1-24-5-6-25-15-4-2-3-12(7-15)10-20-19(23)21-11-14-8-13-9-16(14)17(21)18(13)22/h2-4,7,13-14,16-18,22H,5-6,8-11H2,1H3,(H,20,23)/t13-,14-,16+,17-,18-/m0/s1. The van der Waals surface area contributed by atoms with Crippen LogP contribution in [0, 0.1) is 17.8 Å². The highest BCUT2D eigenvalue weighted by Gasteiger charge is 2.59. The SMILES string of the molecule is COCCOc1cccc(CNC(=O)N2C[C@@H]3C[C@H]4C[C@H]3[C@H]2[C@H]4O)c1. The van der Waals surface area contributed by atoms with Gasteiger partial charge >= 0.3 is 6.03 Å². The average Bonchev–Trinajstić information content (AvgIpc) is 3.23. The molecule has 2 amide bonds. The van der Waals surface area contributed by atoms with Gasteiger partial charge in [-0.25, -0.2) is 4.79 Å². The van der Waals surface area contributed by atoms with Gasteiger partial charge in [0.05, 0.1) is 18.8 Å². The summed E-state index contributed by atoms with van der Waals surface area (Å²) in [6, 6.07) is 7.68. The molecule has 1 saturated heterocycles. The van der Waals surface area contributed by atoms with Crippen molar-refractivity contribution >= 4 is 6.03 Å². The first kappa shape index (κ1) is 16.7. The molecular formula is C19H26N2O4. The van der Waals surface area contributed by atoms with Gasteiger partial charge in [-0.1, -0.05) is 12.1 Å². The second-order valence-electron chi connectivity index (χ2n) is 7.44. The minimum absolute atomic E-state index is 0.0208. The van der Waals surface area contributed by atoms with Gasteiger partial charge in [0.25, 0.3) is 0 Å². The minimum Gasteiger partial charge on any atom is -0.491 e. The zero-order chi connectivity index (χ0) is 17.4. The van der Waals surface area contributed by atoms with E-state index in [1.165, 1.54) is 0 Å². The molecule has 6 heteroatoms. The Morgan fingerprint density at radius 2 is 2.20 bits per heavy atom. The number of aliphatic hydroxyl groups is 1. The lowest BCUT2D eigenvalue weighted by Crippen LogP contribution is -2.47. The summed E-state index contributed by atoms with van der Waals surface area (Å²) in [5.74, 6) is 2.26. The van der Waals surface area contributed by atoms with Crippen molar-refractivity contribution in [1.29, 1.82) is 0 Å². The number of ether oxygens (including phenoxy) is 2. The van der Waals surface area contributed by atoms with Gasteiger partial charge in [0, 0.05) is 20.2 Å². The number of methoxy groups -OCH3 is 1. The van der Waals surface area contributed by atoms with Crippen molar-refractivity contribution in [3.8, 4) is 5.75 Å². The molecule has 1 aromatic rings. The van der Waals surface area contributed by atoms with Crippen molar-refractivity contribution in [2.75, 3.05) is 26.9 Å². The summed E-state index contributed by atoms with van der Waals surface area (Å²) in [6.45, 7) is 2.29. The molecule has 4 rings (SSSR count). The van der Waals surface area contributed by atoms with Gasteiger partial charge in [0.2, 0.25) is 0 Å². The number of hydrogen-bond acceptors (Lipinski definition) is 4. The summed E-state index contributed by atoms with van der Waals surface area (Å²) in [7, 11) is 1.64. The number of nitrogens with one attached hydrogen (secondary N) is 1. The maximum Gasteiger partial charge on any atom is 0.318 e. The van der Waals surface area contributed by atoms with Crippen LogP contribution in [0.5, 0.6) is 5.75 Å². The third-order valence-electron chi connectivity index (χ3n) is 6.01. The highest BCUT2D eigenvalue weighted by atomic mass is 16.5. The largest absolute Gasteiger partial charge is 0.491 e. The number of amides is 2. The van der Waals surface area contributed by atoms with Crippen LogP contribution in [0.1, 0.15) is 18.4 Å². The van der Waals surface area contributed by atoms with Gasteiger partial charge in [-0.15, -0.1) is 0 Å². The maximum atomic E-state index is 12.6. The summed E-state index contributed by atoms with van der Waals surface area (Å²) in [6.07, 6.45) is 1.82. The first-order chi connectivity index (χ1) is 12.2. The quantitative estimate of drug-likeness (QED) is 0.768. The number of aliphatic hydroxyl groups excluding tert-OH is 1. The summed E-state index contributed by atoms with van der Waals surface area (Å²) in [5, 5.41) is 13.4. The van der Waals surface area contributed by atoms with Crippen molar-refractivity contribution in [3.63, 3.8) is 0 Å². The van der Waals surface area contributed by atoms with Crippen LogP contribution in [-0.4, -0.2) is 55.1 Å². The fourth-order valence-corrected chi connectivity index (χ4v) is 4.92. The molecule has 1 aliphatic heterocycles. The molecule has 0 unspecified atom stereocenters. The third kappa shape index (κ3) is 3.09. The molecule has 3 fully saturated rings. The molecule has 0 spiro atoms. The van der Waals surface area contributed by atoms with Crippen LogP contribution in [0.2, 0.25) is 0 Å². The third-order valence-corrected chi connectivity index (χ3v) is 6.01. The van der Waals surface area contributed by atoms with E-state index >= 15 is 0 Å². The Morgan fingerprint density at radius 3 is 3.00 bits per heavy atom. The molecule has 6 nitrogen and oxygen atoms in total. The minimum atomic E-state index is -0.341. The number of likely N-dealkylation sites (tertiary alicyclic amines) is 1. The topological polar surface area (TPSA) is 71.0 Å². The molecule has 2 N–H and O–H groups in total. The van der Waals surface area contributed by atoms with E-state index in [-0.39, 0.29) is 18.2 Å². The van der Waals surface area contributed by atoms with Crippen molar-refractivity contribution in [1.82, 2.24) is 10.2 Å². The van der Waals surface area contributed by atoms with E-state index in [0.717, 1.165) is 30.7 Å². The molecule has 1 heterocycles. The molecule has 1 aromatic carbocycles. The highest BCUT2D eigenvalue weighted by Crippen LogP contribution is 2.54. The first-order valence-corrected chi connectivity index (χ1v) is 9.10. The number of carbonyl (C=O) groups is 1. The van der Waals surface area contributed by atoms with Crippen molar-refractivity contribution in [2.24, 2.45) is 17.8 Å². The monoisotopic (exact) mass is 346 g/mol. The van der Waals surface area contributed by atoms with Crippen LogP contribution in [0.25, 0.3) is 0 Å². The Kier molecular flexibility index (Phi) is 4.56. The highest BCUT2D eigenvalue weighted by molar-refractivity contribution is 5.75. The lowest BCUT2D eigenvalue weighted by atomic mass is 9.88. The Morgan fingerprint density at radius 1 is 1.32 bits per heavy atom. The Hall–Kier alpha value is -1.79. The average molecular weight is 346 g/mol. The maximum absolute atomic E-state index is 12.6. The fourth-order valence-electron chi connectivity index (χ4n) is 4.92. The van der Waals surface area contributed by atoms with E-state index in [2.05, 4.69) is 5.32 Å². The van der Waals surface area contributed by atoms with Crippen molar-refractivity contribution in [2.45, 2.75) is 31.5 Å². The molecule has 2 bridgehead atoms. The fraction of sp³-hybridized carbons (Fsp3) is 0.632. The van der Waals surface area contributed by atoms with Crippen LogP contribution in [0.4, 0.5) is 4.79 Å². The van der Waals surface area contributed by atoms with E-state index in [4.69, 9.17) is 9.47 Å². The lowest BCUT2D eigenvalue weighted by molar-refractivity contribution is 0.0608. The number of hydrogen-bond donors (Lipinski definition) is 2. The number of fused-ring (bicyclic) bond motifs is 1. The first-order valence-electron chi connectivity index (χ1n) is 9.10. The molecule has 3 aliphatic rings. The van der Waals surface area contributed by atoms with Gasteiger partial charge in [-0.05, 0) is 48.3 Å². The summed E-state index contributed by atoms with van der Waals surface area (Å²) >= 11 is 0. The van der Waals surface area contributed by atoms with Crippen molar-refractivity contribution < 1.29 is 19.4 Å². The predicted octanol–water partition coefficient (Wildman–Crippen LogP) is 1.62. The second-order valence-corrected chi connectivity index (χ2v) is 7.44. The van der Waals surface area contributed by atoms with Gasteiger partial charge in [0.15, 0.2) is 0 Å². The molecule has 2 saturated carbocycles. The molecule has 0 radical (unpaired) electrons. The summed E-state index contributed by atoms with van der Waals surface area (Å²) in [4.78, 5) is 14.5. The van der Waals surface area contributed by atoms with Crippen LogP contribution < -0.4 is 10.1 Å². The van der Waals surface area contributed by atoms with Gasteiger partial charge < -0.3 is 24.8 Å². The number of carbonyl (C=O) groups excluding carboxylic acids is 1. The Balaban J connectivity index is 1.33. The number of rotatable bonds is 6. The molecular weight excluding hydrogens is 320 g/mol. The van der Waals surface area contributed by atoms with E-state index in [9.17, 15) is 9.90 Å². The van der Waals surface area contributed by atoms with Crippen LogP contribution in [0.15, 0.2) is 24.3 Å². The molecule has 0 aromatic heterocycles. The van der Waals surface area contributed by atoms with Gasteiger partial charge in [0.1, 0.15) is 12.4 Å². The van der Waals surface area contributed by atoms with Crippen LogP contribution in [0.3, 0.4) is 0 Å². The summed E-state index contributed by atoms with van der Waals surface area (Å²) in [5.41, 5.74) is 0.996. The zero-order valence-electron chi connectivity index (χ0n) is 14.6. The summed E-state index contributed by atoms with van der Waals surface area (Å²) < 4.78 is 10.6. The molecule has 2 aliphatic carbocycles. The molecule has 136 valence electrons. The van der Waals surface area contributed by atoms with E-state index in [1.54, 1.807) is 7.11 Å². The molecule has 25 heavy (non-hydrogen) atoms. The van der Waals surface area contributed by atoms with E-state index in [0.29, 0.717) is 37.5 Å². The normalized spacial score (nSPS) is 32.2. The number of nitrogens with zero attached hydrogens (tertiary/aromatic N) is 1. The number of urea groups is 1. The Labute approximate surface area is 148 Å². The zero-order valence-corrected chi connectivity index (χ0v) is 14.6. The van der Waals surface area contributed by atoms with Crippen molar-refractivity contribution in [3.05, 3.63) is 29.8 Å². The lowest BCUT2D eigenvalue weighted by Gasteiger charge is -2.29. The van der Waals surface area contributed by atoms with E-state index < -0.39 is 0 Å². The number of benzene rings is 1. The molecule has 5 atom stereocenters. The predicted molar refractivity (Wildman–Crippen MR) is 92.3 cm³/mol. The van der Waals surface area contributed by atoms with E-state index in [1.807, 2.05) is 29.2 Å². The van der Waals surface area contributed by atoms with Crippen LogP contribution in [-0.2, 0) is 11.3 Å². The Bertz CT molecular complexity index is 636. The van der Waals surface area contributed by atoms with Crippen LogP contribution >= 0.6 is 0 Å². The second kappa shape index (κ2) is 6.84. The van der Waals surface area contributed by atoms with Gasteiger partial charge in [-0.2, -0.15) is 0 Å².